The van der Waals surface area contributed by atoms with E-state index in [1.807, 2.05) is 0 Å². The summed E-state index contributed by atoms with van der Waals surface area (Å²) in [6, 6.07) is 1.35. The zero-order valence-electron chi connectivity index (χ0n) is 11.9. The van der Waals surface area contributed by atoms with Crippen molar-refractivity contribution in [3.05, 3.63) is 17.2 Å². The van der Waals surface area contributed by atoms with Crippen LogP contribution in [0, 0.1) is 0 Å². The Hall–Kier alpha value is -2.15. The third-order valence-electron chi connectivity index (χ3n) is 2.73. The van der Waals surface area contributed by atoms with Crippen LogP contribution in [0.25, 0.3) is 0 Å². The molecule has 2 amide bonds. The maximum atomic E-state index is 11.8. The lowest BCUT2D eigenvalue weighted by Crippen LogP contribution is -2.42. The summed E-state index contributed by atoms with van der Waals surface area (Å²) in [4.78, 5) is 22.7. The number of halogens is 1. The zero-order valence-corrected chi connectivity index (χ0v) is 12.7. The summed E-state index contributed by atoms with van der Waals surface area (Å²) in [5.74, 6) is -0.411. The minimum Gasteiger partial charge on any atom is -0.495 e. The lowest BCUT2D eigenvalue weighted by atomic mass is 10.2. The Morgan fingerprint density at radius 3 is 2.38 bits per heavy atom. The average Bonchev–Trinajstić information content (AvgIpc) is 2.45. The number of aliphatic carboxylic acids is 1. The number of carboxylic acids is 1. The molecular formula is C13H17ClN2O5. The summed E-state index contributed by atoms with van der Waals surface area (Å²) in [5.41, 5.74) is 0.316. The van der Waals surface area contributed by atoms with Gasteiger partial charge in [0.15, 0.2) is 0 Å². The molecule has 3 N–H and O–H groups in total. The maximum Gasteiger partial charge on any atom is 0.326 e. The van der Waals surface area contributed by atoms with Crippen molar-refractivity contribution in [1.82, 2.24) is 5.32 Å². The first-order valence-corrected chi connectivity index (χ1v) is 6.52. The molecule has 0 radical (unpaired) electrons. The van der Waals surface area contributed by atoms with Gasteiger partial charge in [0.1, 0.15) is 17.5 Å². The Morgan fingerprint density at radius 2 is 1.90 bits per heavy atom. The van der Waals surface area contributed by atoms with Gasteiger partial charge < -0.3 is 25.2 Å². The fourth-order valence-electron chi connectivity index (χ4n) is 1.61. The van der Waals surface area contributed by atoms with Gasteiger partial charge in [-0.2, -0.15) is 0 Å². The van der Waals surface area contributed by atoms with Gasteiger partial charge in [0.2, 0.25) is 0 Å². The number of methoxy groups -OCH3 is 2. The predicted molar refractivity (Wildman–Crippen MR) is 78.4 cm³/mol. The van der Waals surface area contributed by atoms with Gasteiger partial charge in [-0.25, -0.2) is 9.59 Å². The average molecular weight is 317 g/mol. The van der Waals surface area contributed by atoms with E-state index in [9.17, 15) is 9.59 Å². The van der Waals surface area contributed by atoms with Gasteiger partial charge in [-0.3, -0.25) is 0 Å². The fourth-order valence-corrected chi connectivity index (χ4v) is 1.84. The molecule has 1 atom stereocenters. The van der Waals surface area contributed by atoms with E-state index in [-0.39, 0.29) is 6.42 Å². The van der Waals surface area contributed by atoms with E-state index in [0.29, 0.717) is 22.2 Å². The Kier molecular flexibility index (Phi) is 6.10. The van der Waals surface area contributed by atoms with Crippen LogP contribution in [-0.4, -0.2) is 37.4 Å². The third-order valence-corrected chi connectivity index (χ3v) is 3.03. The number of amides is 2. The van der Waals surface area contributed by atoms with Crippen LogP contribution in [0.15, 0.2) is 12.1 Å². The summed E-state index contributed by atoms with van der Waals surface area (Å²) in [6.45, 7) is 1.66. The molecular weight excluding hydrogens is 300 g/mol. The van der Waals surface area contributed by atoms with Crippen molar-refractivity contribution in [2.75, 3.05) is 19.5 Å². The molecule has 0 saturated carbocycles. The van der Waals surface area contributed by atoms with Crippen LogP contribution in [0.5, 0.6) is 11.5 Å². The minimum absolute atomic E-state index is 0.268. The van der Waals surface area contributed by atoms with Gasteiger partial charge in [-0.15, -0.1) is 0 Å². The molecule has 116 valence electrons. The molecule has 0 aliphatic rings. The first-order valence-electron chi connectivity index (χ1n) is 6.14. The number of anilines is 1. The molecule has 0 fully saturated rings. The zero-order chi connectivity index (χ0) is 16.0. The number of rotatable bonds is 6. The van der Waals surface area contributed by atoms with Crippen molar-refractivity contribution in [3.8, 4) is 11.5 Å². The van der Waals surface area contributed by atoms with E-state index in [1.54, 1.807) is 6.92 Å². The molecule has 1 aromatic carbocycles. The summed E-state index contributed by atoms with van der Waals surface area (Å²) >= 11 is 5.95. The van der Waals surface area contributed by atoms with Crippen molar-refractivity contribution < 1.29 is 24.2 Å². The second kappa shape index (κ2) is 7.58. The molecule has 0 bridgehead atoms. The molecule has 7 nitrogen and oxygen atoms in total. The lowest BCUT2D eigenvalue weighted by molar-refractivity contribution is -0.139. The summed E-state index contributed by atoms with van der Waals surface area (Å²) < 4.78 is 10.2. The standard InChI is InChI=1S/C13H17ClN2O5/c1-4-8(12(17)18)15-13(19)16-9-6-10(20-2)7(14)5-11(9)21-3/h5-6,8H,4H2,1-3H3,(H,17,18)(H2,15,16,19)/t8-/m0/s1. The highest BCUT2D eigenvalue weighted by molar-refractivity contribution is 6.32. The molecule has 0 spiro atoms. The molecule has 1 aromatic rings. The maximum absolute atomic E-state index is 11.8. The van der Waals surface area contributed by atoms with Crippen LogP contribution in [-0.2, 0) is 4.79 Å². The topological polar surface area (TPSA) is 96.9 Å². The first-order chi connectivity index (χ1) is 9.92. The number of benzene rings is 1. The Balaban J connectivity index is 2.91. The van der Waals surface area contributed by atoms with Crippen molar-refractivity contribution in [2.24, 2.45) is 0 Å². The van der Waals surface area contributed by atoms with Crippen LogP contribution < -0.4 is 20.1 Å². The number of carboxylic acid groups (broad SMARTS) is 1. The van der Waals surface area contributed by atoms with E-state index in [1.165, 1.54) is 26.4 Å². The fraction of sp³-hybridized carbons (Fsp3) is 0.385. The Labute approximate surface area is 127 Å². The highest BCUT2D eigenvalue weighted by Gasteiger charge is 2.19. The summed E-state index contributed by atoms with van der Waals surface area (Å²) in [7, 11) is 2.86. The smallest absolute Gasteiger partial charge is 0.326 e. The number of urea groups is 1. The first kappa shape index (κ1) is 16.9. The number of hydrogen-bond donors (Lipinski definition) is 3. The monoisotopic (exact) mass is 316 g/mol. The van der Waals surface area contributed by atoms with Crippen LogP contribution in [0.4, 0.5) is 10.5 Å². The van der Waals surface area contributed by atoms with Gasteiger partial charge in [0.05, 0.1) is 24.9 Å². The molecule has 0 saturated heterocycles. The van der Waals surface area contributed by atoms with Crippen LogP contribution in [0.2, 0.25) is 5.02 Å². The number of ether oxygens (including phenoxy) is 2. The van der Waals surface area contributed by atoms with E-state index in [4.69, 9.17) is 26.2 Å². The summed E-state index contributed by atoms with van der Waals surface area (Å²) in [6.07, 6.45) is 0.268. The van der Waals surface area contributed by atoms with Crippen LogP contribution >= 0.6 is 11.6 Å². The van der Waals surface area contributed by atoms with Gasteiger partial charge in [0, 0.05) is 12.1 Å². The quantitative estimate of drug-likeness (QED) is 0.748. The normalized spacial score (nSPS) is 11.4. The van der Waals surface area contributed by atoms with Gasteiger partial charge >= 0.3 is 12.0 Å². The molecule has 0 aromatic heterocycles. The summed E-state index contributed by atoms with van der Waals surface area (Å²) in [5, 5.41) is 14.1. The Bertz CT molecular complexity index is 536. The molecule has 0 aliphatic heterocycles. The third kappa shape index (κ3) is 4.42. The minimum atomic E-state index is -1.10. The molecule has 0 aliphatic carbocycles. The van der Waals surface area contributed by atoms with Crippen molar-refractivity contribution in [2.45, 2.75) is 19.4 Å². The lowest BCUT2D eigenvalue weighted by Gasteiger charge is -2.16. The number of hydrogen-bond acceptors (Lipinski definition) is 4. The number of nitrogens with one attached hydrogen (secondary N) is 2. The van der Waals surface area contributed by atoms with Crippen LogP contribution in [0.3, 0.4) is 0 Å². The number of carbonyl (C=O) groups is 2. The predicted octanol–water partition coefficient (Wildman–Crippen LogP) is 2.34. The Morgan fingerprint density at radius 1 is 1.29 bits per heavy atom. The van der Waals surface area contributed by atoms with Crippen molar-refractivity contribution in [3.63, 3.8) is 0 Å². The molecule has 21 heavy (non-hydrogen) atoms. The van der Waals surface area contributed by atoms with Crippen molar-refractivity contribution in [1.29, 1.82) is 0 Å². The molecule has 0 heterocycles. The highest BCUT2D eigenvalue weighted by Crippen LogP contribution is 2.35. The van der Waals surface area contributed by atoms with Crippen LogP contribution in [0.1, 0.15) is 13.3 Å². The second-order valence-corrected chi connectivity index (χ2v) is 4.49. The SMILES string of the molecule is CC[C@H](NC(=O)Nc1cc(OC)c(Cl)cc1OC)C(=O)O. The van der Waals surface area contributed by atoms with E-state index in [0.717, 1.165) is 0 Å². The molecule has 1 rings (SSSR count). The molecule has 8 heteroatoms. The second-order valence-electron chi connectivity index (χ2n) is 4.08. The molecule has 0 unspecified atom stereocenters. The number of carbonyl (C=O) groups excluding carboxylic acids is 1. The van der Waals surface area contributed by atoms with E-state index in [2.05, 4.69) is 10.6 Å². The van der Waals surface area contributed by atoms with Gasteiger partial charge in [-0.1, -0.05) is 18.5 Å². The van der Waals surface area contributed by atoms with Crippen molar-refractivity contribution >= 4 is 29.3 Å². The van der Waals surface area contributed by atoms with E-state index >= 15 is 0 Å². The largest absolute Gasteiger partial charge is 0.495 e. The highest BCUT2D eigenvalue weighted by atomic mass is 35.5. The van der Waals surface area contributed by atoms with E-state index < -0.39 is 18.0 Å². The van der Waals surface area contributed by atoms with Gasteiger partial charge in [-0.05, 0) is 6.42 Å². The van der Waals surface area contributed by atoms with Gasteiger partial charge in [0.25, 0.3) is 0 Å².